The summed E-state index contributed by atoms with van der Waals surface area (Å²) in [6.45, 7) is 1.51. The Morgan fingerprint density at radius 2 is 1.72 bits per heavy atom. The molecule has 0 saturated carbocycles. The molecule has 1 aromatic rings. The normalized spacial score (nSPS) is 11.0. The molecule has 5 nitrogen and oxygen atoms in total. The van der Waals surface area contributed by atoms with Gasteiger partial charge in [-0.2, -0.15) is 0 Å². The Labute approximate surface area is 106 Å². The van der Waals surface area contributed by atoms with E-state index in [9.17, 15) is 4.79 Å². The molecular formula is C13H16O5. The van der Waals surface area contributed by atoms with E-state index in [-0.39, 0.29) is 5.57 Å². The van der Waals surface area contributed by atoms with E-state index in [2.05, 4.69) is 0 Å². The van der Waals surface area contributed by atoms with Crippen molar-refractivity contribution in [2.45, 2.75) is 6.92 Å². The maximum absolute atomic E-state index is 10.8. The van der Waals surface area contributed by atoms with E-state index in [0.29, 0.717) is 22.8 Å². The van der Waals surface area contributed by atoms with Crippen molar-refractivity contribution in [3.63, 3.8) is 0 Å². The zero-order valence-corrected chi connectivity index (χ0v) is 10.8. The minimum Gasteiger partial charge on any atom is -0.493 e. The Hall–Kier alpha value is -2.17. The van der Waals surface area contributed by atoms with Gasteiger partial charge in [-0.3, -0.25) is 0 Å². The van der Waals surface area contributed by atoms with Crippen molar-refractivity contribution in [3.8, 4) is 17.2 Å². The highest BCUT2D eigenvalue weighted by molar-refractivity contribution is 5.92. The summed E-state index contributed by atoms with van der Waals surface area (Å²) in [5, 5.41) is 8.87. The summed E-state index contributed by atoms with van der Waals surface area (Å²) in [7, 11) is 4.51. The van der Waals surface area contributed by atoms with Crippen LogP contribution in [0.5, 0.6) is 17.2 Å². The average Bonchev–Trinajstić information content (AvgIpc) is 2.37. The number of hydrogen-bond donors (Lipinski definition) is 1. The van der Waals surface area contributed by atoms with Crippen LogP contribution in [0, 0.1) is 0 Å². The van der Waals surface area contributed by atoms with Crippen LogP contribution in [0.15, 0.2) is 17.7 Å². The first-order chi connectivity index (χ1) is 8.54. The predicted molar refractivity (Wildman–Crippen MR) is 67.4 cm³/mol. The number of carboxylic acid groups (broad SMARTS) is 1. The highest BCUT2D eigenvalue weighted by Gasteiger charge is 2.15. The first kappa shape index (κ1) is 13.9. The Bertz CT molecular complexity index is 477. The van der Waals surface area contributed by atoms with Crippen molar-refractivity contribution in [1.29, 1.82) is 0 Å². The molecule has 1 aromatic carbocycles. The first-order valence-electron chi connectivity index (χ1n) is 5.25. The summed E-state index contributed by atoms with van der Waals surface area (Å²) in [6, 6.07) is 3.41. The second kappa shape index (κ2) is 5.95. The van der Waals surface area contributed by atoms with E-state index in [1.807, 2.05) is 0 Å². The van der Waals surface area contributed by atoms with Gasteiger partial charge in [0.05, 0.1) is 21.3 Å². The molecule has 0 radical (unpaired) electrons. The van der Waals surface area contributed by atoms with E-state index in [1.54, 1.807) is 12.1 Å². The van der Waals surface area contributed by atoms with Crippen LogP contribution in [0.4, 0.5) is 0 Å². The maximum Gasteiger partial charge on any atom is 0.331 e. The van der Waals surface area contributed by atoms with Gasteiger partial charge in [0.25, 0.3) is 0 Å². The Balaban J connectivity index is 3.38. The van der Waals surface area contributed by atoms with E-state index in [0.717, 1.165) is 0 Å². The smallest absolute Gasteiger partial charge is 0.331 e. The number of aliphatic carboxylic acids is 1. The lowest BCUT2D eigenvalue weighted by Gasteiger charge is -2.14. The van der Waals surface area contributed by atoms with Gasteiger partial charge in [0.2, 0.25) is 5.75 Å². The van der Waals surface area contributed by atoms with Gasteiger partial charge in [0.15, 0.2) is 11.5 Å². The molecule has 1 N–H and O–H groups in total. The van der Waals surface area contributed by atoms with Gasteiger partial charge in [0, 0.05) is 11.1 Å². The van der Waals surface area contributed by atoms with Gasteiger partial charge >= 0.3 is 5.97 Å². The van der Waals surface area contributed by atoms with Crippen molar-refractivity contribution in [1.82, 2.24) is 0 Å². The van der Waals surface area contributed by atoms with E-state index >= 15 is 0 Å². The number of ether oxygens (including phenoxy) is 3. The molecule has 98 valence electrons. The van der Waals surface area contributed by atoms with Crippen LogP contribution in [0.1, 0.15) is 12.5 Å². The van der Waals surface area contributed by atoms with Crippen LogP contribution in [-0.2, 0) is 4.79 Å². The summed E-state index contributed by atoms with van der Waals surface area (Å²) in [4.78, 5) is 10.8. The van der Waals surface area contributed by atoms with Crippen molar-refractivity contribution in [2.75, 3.05) is 21.3 Å². The molecule has 0 spiro atoms. The Morgan fingerprint density at radius 1 is 1.11 bits per heavy atom. The molecule has 0 aliphatic heterocycles. The van der Waals surface area contributed by atoms with Crippen LogP contribution < -0.4 is 14.2 Å². The predicted octanol–water partition coefficient (Wildman–Crippen LogP) is 2.20. The van der Waals surface area contributed by atoms with Gasteiger partial charge in [0.1, 0.15) is 0 Å². The molecule has 1 rings (SSSR count). The molecule has 0 amide bonds. The summed E-state index contributed by atoms with van der Waals surface area (Å²) in [5.41, 5.74) is 0.829. The van der Waals surface area contributed by atoms with Gasteiger partial charge in [-0.25, -0.2) is 4.79 Å². The zero-order valence-electron chi connectivity index (χ0n) is 10.8. The first-order valence-corrected chi connectivity index (χ1v) is 5.25. The lowest BCUT2D eigenvalue weighted by atomic mass is 10.1. The van der Waals surface area contributed by atoms with E-state index < -0.39 is 5.97 Å². The molecule has 0 heterocycles. The quantitative estimate of drug-likeness (QED) is 0.814. The summed E-state index contributed by atoms with van der Waals surface area (Å²) in [5.74, 6) is 0.427. The second-order valence-corrected chi connectivity index (χ2v) is 3.56. The average molecular weight is 252 g/mol. The minimum absolute atomic E-state index is 0.209. The van der Waals surface area contributed by atoms with Crippen molar-refractivity contribution in [2.24, 2.45) is 0 Å². The van der Waals surface area contributed by atoms with Gasteiger partial charge in [-0.05, 0) is 25.1 Å². The van der Waals surface area contributed by atoms with Crippen LogP contribution >= 0.6 is 0 Å². The van der Waals surface area contributed by atoms with Gasteiger partial charge in [-0.15, -0.1) is 0 Å². The number of rotatable bonds is 5. The topological polar surface area (TPSA) is 65.0 Å². The third-order valence-corrected chi connectivity index (χ3v) is 2.44. The largest absolute Gasteiger partial charge is 0.493 e. The lowest BCUT2D eigenvalue weighted by Crippen LogP contribution is -1.99. The summed E-state index contributed by atoms with van der Waals surface area (Å²) in [6.07, 6.45) is 1.52. The minimum atomic E-state index is -0.980. The van der Waals surface area contributed by atoms with E-state index in [4.69, 9.17) is 19.3 Å². The lowest BCUT2D eigenvalue weighted by molar-refractivity contribution is -0.132. The highest BCUT2D eigenvalue weighted by Crippen LogP contribution is 2.40. The van der Waals surface area contributed by atoms with Crippen LogP contribution in [-0.4, -0.2) is 32.4 Å². The monoisotopic (exact) mass is 252 g/mol. The fourth-order valence-corrected chi connectivity index (χ4v) is 1.53. The van der Waals surface area contributed by atoms with Gasteiger partial charge < -0.3 is 19.3 Å². The number of hydrogen-bond acceptors (Lipinski definition) is 4. The number of carbonyl (C=O) groups is 1. The van der Waals surface area contributed by atoms with Gasteiger partial charge in [-0.1, -0.05) is 0 Å². The third-order valence-electron chi connectivity index (χ3n) is 2.44. The van der Waals surface area contributed by atoms with Crippen molar-refractivity contribution < 1.29 is 24.1 Å². The molecule has 0 atom stereocenters. The number of carboxylic acids is 1. The number of methoxy groups -OCH3 is 3. The molecule has 0 bridgehead atoms. The van der Waals surface area contributed by atoms with Crippen molar-refractivity contribution in [3.05, 3.63) is 23.3 Å². The molecule has 18 heavy (non-hydrogen) atoms. The molecule has 0 aromatic heterocycles. The van der Waals surface area contributed by atoms with E-state index in [1.165, 1.54) is 34.3 Å². The molecule has 0 unspecified atom stereocenters. The third kappa shape index (κ3) is 2.74. The second-order valence-electron chi connectivity index (χ2n) is 3.56. The fraction of sp³-hybridized carbons (Fsp3) is 0.308. The summed E-state index contributed by atoms with van der Waals surface area (Å²) >= 11 is 0. The Morgan fingerprint density at radius 3 is 2.17 bits per heavy atom. The molecular weight excluding hydrogens is 236 g/mol. The van der Waals surface area contributed by atoms with Crippen LogP contribution in [0.3, 0.4) is 0 Å². The Kier molecular flexibility index (Phi) is 4.59. The molecule has 0 fully saturated rings. The molecule has 0 aliphatic carbocycles. The maximum atomic E-state index is 10.8. The number of benzene rings is 1. The molecule has 5 heteroatoms. The summed E-state index contributed by atoms with van der Waals surface area (Å²) < 4.78 is 15.6. The van der Waals surface area contributed by atoms with Crippen LogP contribution in [0.25, 0.3) is 6.08 Å². The standard InChI is InChI=1S/C13H16O5/c1-8(13(14)15)7-9-5-6-10(16-2)12(18-4)11(9)17-3/h5-7H,1-4H3,(H,14,15)/b8-7+. The molecule has 0 aliphatic rings. The SMILES string of the molecule is COc1ccc(/C=C(\C)C(=O)O)c(OC)c1OC. The molecule has 0 saturated heterocycles. The zero-order chi connectivity index (χ0) is 13.7. The fourth-order valence-electron chi connectivity index (χ4n) is 1.53. The highest BCUT2D eigenvalue weighted by atomic mass is 16.5. The van der Waals surface area contributed by atoms with Crippen molar-refractivity contribution >= 4 is 12.0 Å². The van der Waals surface area contributed by atoms with Crippen LogP contribution in [0.2, 0.25) is 0 Å².